The van der Waals surface area contributed by atoms with E-state index in [1.54, 1.807) is 26.2 Å². The highest BCUT2D eigenvalue weighted by atomic mass is 32.1. The second kappa shape index (κ2) is 7.95. The molecule has 2 atom stereocenters. The monoisotopic (exact) mass is 367 g/mol. The van der Waals surface area contributed by atoms with Crippen LogP contribution in [0.25, 0.3) is 0 Å². The highest BCUT2D eigenvalue weighted by molar-refractivity contribution is 7.13. The number of carboxylic acids is 1. The summed E-state index contributed by atoms with van der Waals surface area (Å²) < 4.78 is 0. The van der Waals surface area contributed by atoms with Crippen molar-refractivity contribution in [3.8, 4) is 0 Å². The summed E-state index contributed by atoms with van der Waals surface area (Å²) in [5, 5.41) is 17.2. The van der Waals surface area contributed by atoms with Gasteiger partial charge in [0.05, 0.1) is 23.6 Å². The second-order valence-electron chi connectivity index (χ2n) is 7.07. The molecule has 1 saturated carbocycles. The van der Waals surface area contributed by atoms with E-state index < -0.39 is 17.4 Å². The first-order valence-electron chi connectivity index (χ1n) is 8.50. The fourth-order valence-electron chi connectivity index (χ4n) is 3.10. The third-order valence-corrected chi connectivity index (χ3v) is 5.39. The predicted molar refractivity (Wildman–Crippen MR) is 95.4 cm³/mol. The van der Waals surface area contributed by atoms with Gasteiger partial charge in [0.15, 0.2) is 5.13 Å². The van der Waals surface area contributed by atoms with Gasteiger partial charge >= 0.3 is 5.97 Å². The van der Waals surface area contributed by atoms with E-state index in [0.717, 1.165) is 12.8 Å². The molecule has 0 bridgehead atoms. The van der Waals surface area contributed by atoms with Gasteiger partial charge in [-0.15, -0.1) is 11.3 Å². The quantitative estimate of drug-likeness (QED) is 0.715. The summed E-state index contributed by atoms with van der Waals surface area (Å²) in [5.74, 6) is -1.95. The number of nitrogens with one attached hydrogen (secondary N) is 2. The minimum atomic E-state index is -0.866. The van der Waals surface area contributed by atoms with Gasteiger partial charge in [0.1, 0.15) is 0 Å². The van der Waals surface area contributed by atoms with Crippen LogP contribution in [0.1, 0.15) is 52.1 Å². The van der Waals surface area contributed by atoms with E-state index in [1.807, 2.05) is 0 Å². The zero-order chi connectivity index (χ0) is 18.6. The number of amides is 2. The van der Waals surface area contributed by atoms with Crippen LogP contribution in [0.3, 0.4) is 0 Å². The predicted octanol–water partition coefficient (Wildman–Crippen LogP) is 2.43. The van der Waals surface area contributed by atoms with Crippen molar-refractivity contribution in [1.29, 1.82) is 0 Å². The van der Waals surface area contributed by atoms with Crippen molar-refractivity contribution in [2.45, 2.75) is 58.4 Å². The topological polar surface area (TPSA) is 108 Å². The minimum Gasteiger partial charge on any atom is -0.481 e. The van der Waals surface area contributed by atoms with Crippen molar-refractivity contribution in [2.75, 3.05) is 5.32 Å². The summed E-state index contributed by atoms with van der Waals surface area (Å²) in [6, 6.07) is 0. The van der Waals surface area contributed by atoms with Gasteiger partial charge in [-0.2, -0.15) is 0 Å². The maximum absolute atomic E-state index is 12.4. The van der Waals surface area contributed by atoms with Crippen molar-refractivity contribution >= 4 is 34.3 Å². The second-order valence-corrected chi connectivity index (χ2v) is 7.93. The largest absolute Gasteiger partial charge is 0.481 e. The molecule has 3 N–H and O–H groups in total. The molecule has 138 valence electrons. The summed E-state index contributed by atoms with van der Waals surface area (Å²) in [4.78, 5) is 39.8. The molecule has 1 aromatic rings. The third-order valence-electron chi connectivity index (χ3n) is 4.58. The van der Waals surface area contributed by atoms with Crippen molar-refractivity contribution in [1.82, 2.24) is 10.3 Å². The summed E-state index contributed by atoms with van der Waals surface area (Å²) in [6.45, 7) is 5.39. The minimum absolute atomic E-state index is 0.0655. The third kappa shape index (κ3) is 5.01. The highest BCUT2D eigenvalue weighted by Crippen LogP contribution is 2.34. The molecule has 2 amide bonds. The normalized spacial score (nSPS) is 23.3. The van der Waals surface area contributed by atoms with Gasteiger partial charge in [0.2, 0.25) is 11.8 Å². The zero-order valence-electron chi connectivity index (χ0n) is 14.8. The van der Waals surface area contributed by atoms with E-state index in [0.29, 0.717) is 23.7 Å². The number of hydrogen-bond acceptors (Lipinski definition) is 5. The molecular formula is C17H25N3O4S. The first-order valence-corrected chi connectivity index (χ1v) is 9.38. The molecule has 0 radical (unpaired) electrons. The smallest absolute Gasteiger partial charge is 0.308 e. The van der Waals surface area contributed by atoms with E-state index in [2.05, 4.69) is 15.6 Å². The average Bonchev–Trinajstić information content (AvgIpc) is 2.93. The molecule has 25 heavy (non-hydrogen) atoms. The fraction of sp³-hybridized carbons (Fsp3) is 0.647. The number of aliphatic carboxylic acids is 1. The van der Waals surface area contributed by atoms with Crippen molar-refractivity contribution < 1.29 is 19.5 Å². The number of anilines is 1. The number of aromatic nitrogens is 1. The fourth-order valence-corrected chi connectivity index (χ4v) is 3.81. The summed E-state index contributed by atoms with van der Waals surface area (Å²) in [7, 11) is 0. The number of thiazole rings is 1. The average molecular weight is 367 g/mol. The van der Waals surface area contributed by atoms with Crippen LogP contribution >= 0.6 is 11.3 Å². The van der Waals surface area contributed by atoms with Crippen LogP contribution in [0.5, 0.6) is 0 Å². The molecule has 7 nitrogen and oxygen atoms in total. The summed E-state index contributed by atoms with van der Waals surface area (Å²) in [6.07, 6.45) is 3.07. The first-order chi connectivity index (χ1) is 11.7. The van der Waals surface area contributed by atoms with E-state index in [9.17, 15) is 19.5 Å². The molecule has 2 rings (SSSR count). The van der Waals surface area contributed by atoms with E-state index >= 15 is 0 Å². The number of carbonyl (C=O) groups is 3. The van der Waals surface area contributed by atoms with Crippen LogP contribution in [0.4, 0.5) is 5.13 Å². The van der Waals surface area contributed by atoms with E-state index in [4.69, 9.17) is 0 Å². The van der Waals surface area contributed by atoms with Crippen molar-refractivity contribution in [2.24, 2.45) is 11.8 Å². The Labute approximate surface area is 151 Å². The standard InChI is InChI=1S/C17H25N3O4S/c1-10(2)14(22)19-16-18-11(9-25-16)8-13(21)20-17(3)7-5-4-6-12(17)15(23)24/h9-10,12H,4-8H2,1-3H3,(H,20,21)(H,23,24)(H,18,19,22). The molecule has 1 heterocycles. The lowest BCUT2D eigenvalue weighted by Crippen LogP contribution is -2.55. The van der Waals surface area contributed by atoms with Crippen LogP contribution in [0.2, 0.25) is 0 Å². The van der Waals surface area contributed by atoms with Crippen molar-refractivity contribution in [3.63, 3.8) is 0 Å². The van der Waals surface area contributed by atoms with Gasteiger partial charge in [-0.3, -0.25) is 14.4 Å². The lowest BCUT2D eigenvalue weighted by atomic mass is 9.74. The Balaban J connectivity index is 1.97. The maximum atomic E-state index is 12.4. The molecule has 0 saturated heterocycles. The Hall–Kier alpha value is -1.96. The van der Waals surface area contributed by atoms with Crippen LogP contribution in [0, 0.1) is 11.8 Å². The van der Waals surface area contributed by atoms with Gasteiger partial charge in [0, 0.05) is 11.3 Å². The van der Waals surface area contributed by atoms with Crippen LogP contribution in [-0.4, -0.2) is 33.4 Å². The van der Waals surface area contributed by atoms with E-state index in [1.165, 1.54) is 11.3 Å². The summed E-state index contributed by atoms with van der Waals surface area (Å²) >= 11 is 1.27. The Morgan fingerprint density at radius 1 is 1.40 bits per heavy atom. The molecule has 1 aliphatic carbocycles. The Morgan fingerprint density at radius 3 is 2.76 bits per heavy atom. The van der Waals surface area contributed by atoms with Gasteiger partial charge in [-0.1, -0.05) is 26.7 Å². The van der Waals surface area contributed by atoms with Crippen molar-refractivity contribution in [3.05, 3.63) is 11.1 Å². The number of carboxylic acid groups (broad SMARTS) is 1. The molecule has 1 aromatic heterocycles. The molecule has 0 aromatic carbocycles. The van der Waals surface area contributed by atoms with Crippen LogP contribution in [0.15, 0.2) is 5.38 Å². The first kappa shape index (κ1) is 19.4. The van der Waals surface area contributed by atoms with Gasteiger partial charge in [-0.25, -0.2) is 4.98 Å². The Kier molecular flexibility index (Phi) is 6.16. The SMILES string of the molecule is CC(C)C(=O)Nc1nc(CC(=O)NC2(C)CCCCC2C(=O)O)cs1. The molecular weight excluding hydrogens is 342 g/mol. The number of hydrogen-bond donors (Lipinski definition) is 3. The molecule has 0 spiro atoms. The van der Waals surface area contributed by atoms with Crippen LogP contribution < -0.4 is 10.6 Å². The Bertz CT molecular complexity index is 658. The Morgan fingerprint density at radius 2 is 2.12 bits per heavy atom. The molecule has 0 aliphatic heterocycles. The van der Waals surface area contributed by atoms with E-state index in [-0.39, 0.29) is 24.2 Å². The molecule has 2 unspecified atom stereocenters. The number of nitrogens with zero attached hydrogens (tertiary/aromatic N) is 1. The zero-order valence-corrected chi connectivity index (χ0v) is 15.6. The lowest BCUT2D eigenvalue weighted by molar-refractivity contribution is -0.146. The van der Waals surface area contributed by atoms with Gasteiger partial charge in [0.25, 0.3) is 0 Å². The molecule has 1 fully saturated rings. The van der Waals surface area contributed by atoms with Gasteiger partial charge < -0.3 is 15.7 Å². The van der Waals surface area contributed by atoms with Crippen LogP contribution in [-0.2, 0) is 20.8 Å². The van der Waals surface area contributed by atoms with Gasteiger partial charge in [-0.05, 0) is 19.8 Å². The maximum Gasteiger partial charge on any atom is 0.308 e. The number of carbonyl (C=O) groups excluding carboxylic acids is 2. The lowest BCUT2D eigenvalue weighted by Gasteiger charge is -2.39. The molecule has 1 aliphatic rings. The molecule has 8 heteroatoms. The highest BCUT2D eigenvalue weighted by Gasteiger charge is 2.42. The number of rotatable bonds is 6. The summed E-state index contributed by atoms with van der Waals surface area (Å²) in [5.41, 5.74) is -0.167.